The molecule has 116 valence electrons. The van der Waals surface area contributed by atoms with Crippen LogP contribution < -0.4 is 5.11 Å². The summed E-state index contributed by atoms with van der Waals surface area (Å²) in [5, 5.41) is 10.3. The zero-order chi connectivity index (χ0) is 15.8. The Morgan fingerprint density at radius 3 is 1.85 bits per heavy atom. The molecule has 5 nitrogen and oxygen atoms in total. The van der Waals surface area contributed by atoms with E-state index in [2.05, 4.69) is 13.8 Å². The molecule has 0 aliphatic rings. The van der Waals surface area contributed by atoms with Gasteiger partial charge in [-0.15, -0.1) is 0 Å². The second-order valence-electron chi connectivity index (χ2n) is 4.46. The molecule has 6 heteroatoms. The molecule has 0 amide bonds. The van der Waals surface area contributed by atoms with Gasteiger partial charge in [0.05, 0.1) is 11.9 Å². The van der Waals surface area contributed by atoms with Crippen LogP contribution in [0.5, 0.6) is 0 Å². The van der Waals surface area contributed by atoms with Crippen LogP contribution in [0, 0.1) is 5.92 Å². The summed E-state index contributed by atoms with van der Waals surface area (Å²) >= 11 is -0.182. The molecule has 0 N–H and O–H groups in total. The quantitative estimate of drug-likeness (QED) is 0.328. The molecule has 0 rings (SSSR count). The van der Waals surface area contributed by atoms with Crippen LogP contribution in [-0.2, 0) is 17.2 Å². The van der Waals surface area contributed by atoms with Crippen LogP contribution in [-0.4, -0.2) is 40.9 Å². The maximum absolute atomic E-state index is 10.7. The van der Waals surface area contributed by atoms with E-state index in [0.29, 0.717) is 6.42 Å². The van der Waals surface area contributed by atoms with Gasteiger partial charge in [0.1, 0.15) is 5.78 Å². The molecular weight excluding hydrogens is 275 g/mol. The van der Waals surface area contributed by atoms with E-state index < -0.39 is 11.9 Å². The number of carboxylic acids is 1. The Kier molecular flexibility index (Phi) is 18.2. The SMILES string of the molecule is CCCCC(C(C)=O)C(=O)[O-].CCC[O][Al+][O]CCC. The van der Waals surface area contributed by atoms with E-state index in [0.717, 1.165) is 38.9 Å². The fraction of sp³-hybridized carbons (Fsp3) is 0.857. The van der Waals surface area contributed by atoms with E-state index in [1.807, 2.05) is 6.92 Å². The summed E-state index contributed by atoms with van der Waals surface area (Å²) in [5.74, 6) is -2.45. The number of carbonyl (C=O) groups excluding carboxylic acids is 2. The molecule has 0 fully saturated rings. The number of carboxylic acid groups (broad SMARTS) is 1. The molecule has 0 heterocycles. The molecule has 0 spiro atoms. The Morgan fingerprint density at radius 1 is 1.05 bits per heavy atom. The van der Waals surface area contributed by atoms with E-state index in [1.165, 1.54) is 6.92 Å². The minimum atomic E-state index is -1.24. The number of ketones is 1. The summed E-state index contributed by atoms with van der Waals surface area (Å²) in [7, 11) is 0. The second kappa shape index (κ2) is 16.6. The van der Waals surface area contributed by atoms with Crippen LogP contribution >= 0.6 is 0 Å². The third-order valence-corrected chi connectivity index (χ3v) is 3.15. The van der Waals surface area contributed by atoms with Crippen LogP contribution in [0.25, 0.3) is 0 Å². The molecule has 20 heavy (non-hydrogen) atoms. The third kappa shape index (κ3) is 15.6. The van der Waals surface area contributed by atoms with Gasteiger partial charge in [-0.2, -0.15) is 0 Å². The van der Waals surface area contributed by atoms with E-state index in [1.54, 1.807) is 0 Å². The summed E-state index contributed by atoms with van der Waals surface area (Å²) in [5.41, 5.74) is 0. The van der Waals surface area contributed by atoms with Crippen molar-refractivity contribution in [3.63, 3.8) is 0 Å². The summed E-state index contributed by atoms with van der Waals surface area (Å²) in [6.45, 7) is 9.12. The molecule has 0 aromatic carbocycles. The Balaban J connectivity index is 0. The fourth-order valence-electron chi connectivity index (χ4n) is 1.28. The van der Waals surface area contributed by atoms with Gasteiger partial charge in [0.15, 0.2) is 0 Å². The zero-order valence-corrected chi connectivity index (χ0v) is 14.3. The predicted octanol–water partition coefficient (Wildman–Crippen LogP) is 1.51. The molecule has 0 bridgehead atoms. The minimum absolute atomic E-state index is 0.182. The van der Waals surface area contributed by atoms with Crippen molar-refractivity contribution in [3.8, 4) is 0 Å². The van der Waals surface area contributed by atoms with Crippen molar-refractivity contribution in [2.45, 2.75) is 59.8 Å². The molecule has 0 radical (unpaired) electrons. The average Bonchev–Trinajstić information content (AvgIpc) is 2.39. The average molecular weight is 302 g/mol. The second-order valence-corrected chi connectivity index (χ2v) is 5.32. The van der Waals surface area contributed by atoms with Gasteiger partial charge in [0, 0.05) is 0 Å². The Bertz CT molecular complexity index is 226. The van der Waals surface area contributed by atoms with Gasteiger partial charge >= 0.3 is 63.4 Å². The van der Waals surface area contributed by atoms with Crippen molar-refractivity contribution in [1.29, 1.82) is 0 Å². The van der Waals surface area contributed by atoms with Crippen LogP contribution in [0.1, 0.15) is 59.8 Å². The van der Waals surface area contributed by atoms with Gasteiger partial charge in [-0.05, 0) is 13.3 Å². The first-order valence-electron chi connectivity index (χ1n) is 7.27. The number of carbonyl (C=O) groups is 2. The molecule has 1 atom stereocenters. The normalized spacial score (nSPS) is 11.0. The van der Waals surface area contributed by atoms with Crippen molar-refractivity contribution in [3.05, 3.63) is 0 Å². The fourth-order valence-corrected chi connectivity index (χ4v) is 2.04. The van der Waals surface area contributed by atoms with E-state index >= 15 is 0 Å². The number of hydrogen-bond donors (Lipinski definition) is 0. The first-order valence-corrected chi connectivity index (χ1v) is 8.21. The summed E-state index contributed by atoms with van der Waals surface area (Å²) in [6.07, 6.45) is 4.24. The van der Waals surface area contributed by atoms with Crippen LogP contribution in [0.15, 0.2) is 0 Å². The van der Waals surface area contributed by atoms with Crippen LogP contribution in [0.3, 0.4) is 0 Å². The van der Waals surface area contributed by atoms with Crippen LogP contribution in [0.4, 0.5) is 0 Å². The summed E-state index contributed by atoms with van der Waals surface area (Å²) in [6, 6.07) is 0. The van der Waals surface area contributed by atoms with Gasteiger partial charge in [-0.3, -0.25) is 4.79 Å². The van der Waals surface area contributed by atoms with Gasteiger partial charge in [-0.25, -0.2) is 0 Å². The first kappa shape index (κ1) is 21.9. The third-order valence-electron chi connectivity index (χ3n) is 2.40. The summed E-state index contributed by atoms with van der Waals surface area (Å²) < 4.78 is 10.3. The monoisotopic (exact) mass is 302 g/mol. The molecular formula is C14H27AlO5. The van der Waals surface area contributed by atoms with E-state index in [9.17, 15) is 14.7 Å². The van der Waals surface area contributed by atoms with Crippen LogP contribution in [0.2, 0.25) is 0 Å². The number of rotatable bonds is 11. The topological polar surface area (TPSA) is 75.7 Å². The number of hydrogen-bond acceptors (Lipinski definition) is 5. The van der Waals surface area contributed by atoms with Gasteiger partial charge in [0.25, 0.3) is 0 Å². The predicted molar refractivity (Wildman–Crippen MR) is 76.9 cm³/mol. The van der Waals surface area contributed by atoms with E-state index in [-0.39, 0.29) is 21.7 Å². The Morgan fingerprint density at radius 2 is 1.55 bits per heavy atom. The molecule has 0 aromatic heterocycles. The van der Waals surface area contributed by atoms with Crippen molar-refractivity contribution < 1.29 is 22.3 Å². The standard InChI is InChI=1S/C8H14O3.2C3H7O.Al/c1-3-4-5-7(6(2)9)8(10)11;2*1-2-3-4;/h7H,3-5H2,1-2H3,(H,10,11);2*2-3H2,1H3;/q;2*-1;+3/p-1. The van der Waals surface area contributed by atoms with Crippen molar-refractivity contribution >= 4 is 27.6 Å². The molecule has 0 saturated heterocycles. The maximum atomic E-state index is 10.7. The molecule has 0 saturated carbocycles. The van der Waals surface area contributed by atoms with Gasteiger partial charge in [-0.1, -0.05) is 19.8 Å². The summed E-state index contributed by atoms with van der Waals surface area (Å²) in [4.78, 5) is 21.0. The zero-order valence-electron chi connectivity index (χ0n) is 13.1. The van der Waals surface area contributed by atoms with Crippen molar-refractivity contribution in [2.75, 3.05) is 13.2 Å². The Hall–Kier alpha value is -0.408. The van der Waals surface area contributed by atoms with E-state index in [4.69, 9.17) is 7.58 Å². The number of aliphatic carboxylic acids is 1. The Labute approximate surface area is 129 Å². The molecule has 0 aliphatic heterocycles. The molecule has 1 unspecified atom stereocenters. The van der Waals surface area contributed by atoms with Crippen molar-refractivity contribution in [1.82, 2.24) is 0 Å². The molecule has 0 aliphatic carbocycles. The molecule has 0 aromatic rings. The van der Waals surface area contributed by atoms with Gasteiger partial charge in [0.2, 0.25) is 0 Å². The first-order chi connectivity index (χ1) is 9.51. The number of Topliss-reactive ketones (excluding diaryl/α,β-unsaturated/α-hetero) is 1. The number of unbranched alkanes of at least 4 members (excludes halogenated alkanes) is 1. The van der Waals surface area contributed by atoms with Gasteiger partial charge < -0.3 is 9.90 Å². The van der Waals surface area contributed by atoms with Crippen molar-refractivity contribution in [2.24, 2.45) is 5.92 Å².